The van der Waals surface area contributed by atoms with Crippen molar-refractivity contribution in [2.24, 2.45) is 5.84 Å². The zero-order valence-corrected chi connectivity index (χ0v) is 12.8. The first-order valence-corrected chi connectivity index (χ1v) is 7.51. The average Bonchev–Trinajstić information content (AvgIpc) is 2.48. The second-order valence-corrected chi connectivity index (χ2v) is 5.53. The number of aryl methyl sites for hydroxylation is 1. The van der Waals surface area contributed by atoms with E-state index in [1.165, 1.54) is 11.6 Å². The van der Waals surface area contributed by atoms with Gasteiger partial charge in [-0.2, -0.15) is 0 Å². The van der Waals surface area contributed by atoms with E-state index in [9.17, 15) is 4.39 Å². The standard InChI is InChI=1S/C17H20ClFN2/c1-2-5-12-6-3-7-13(10-12)17(21-20)11-14-15(18)8-4-9-16(14)19/h3-4,6-10,17,21H,2,5,11,20H2,1H3. The van der Waals surface area contributed by atoms with E-state index in [1.54, 1.807) is 12.1 Å². The van der Waals surface area contributed by atoms with Crippen molar-refractivity contribution in [1.82, 2.24) is 5.43 Å². The molecule has 4 heteroatoms. The molecule has 2 aromatic rings. The first-order chi connectivity index (χ1) is 10.2. The van der Waals surface area contributed by atoms with Gasteiger partial charge < -0.3 is 0 Å². The van der Waals surface area contributed by atoms with Gasteiger partial charge in [0.1, 0.15) is 5.82 Å². The van der Waals surface area contributed by atoms with Crippen LogP contribution in [0.3, 0.4) is 0 Å². The summed E-state index contributed by atoms with van der Waals surface area (Å²) >= 11 is 6.09. The Labute approximate surface area is 130 Å². The number of hydrogen-bond acceptors (Lipinski definition) is 2. The molecule has 0 aliphatic carbocycles. The SMILES string of the molecule is CCCc1cccc(C(Cc2c(F)cccc2Cl)NN)c1. The molecule has 0 spiro atoms. The quantitative estimate of drug-likeness (QED) is 0.620. The highest BCUT2D eigenvalue weighted by Crippen LogP contribution is 2.26. The van der Waals surface area contributed by atoms with Crippen molar-refractivity contribution in [3.8, 4) is 0 Å². The Morgan fingerprint density at radius 2 is 2.00 bits per heavy atom. The lowest BCUT2D eigenvalue weighted by Gasteiger charge is -2.18. The average molecular weight is 307 g/mol. The Morgan fingerprint density at radius 1 is 1.24 bits per heavy atom. The molecular formula is C17H20ClFN2. The molecule has 0 radical (unpaired) electrons. The maximum absolute atomic E-state index is 13.9. The summed E-state index contributed by atoms with van der Waals surface area (Å²) in [4.78, 5) is 0. The molecule has 3 N–H and O–H groups in total. The smallest absolute Gasteiger partial charge is 0.127 e. The zero-order valence-electron chi connectivity index (χ0n) is 12.1. The van der Waals surface area contributed by atoms with Gasteiger partial charge in [-0.1, -0.05) is 55.3 Å². The van der Waals surface area contributed by atoms with Gasteiger partial charge in [0.15, 0.2) is 0 Å². The van der Waals surface area contributed by atoms with Crippen molar-refractivity contribution >= 4 is 11.6 Å². The van der Waals surface area contributed by atoms with Crippen molar-refractivity contribution in [1.29, 1.82) is 0 Å². The fourth-order valence-electron chi connectivity index (χ4n) is 2.46. The summed E-state index contributed by atoms with van der Waals surface area (Å²) in [6.45, 7) is 2.14. The third-order valence-electron chi connectivity index (χ3n) is 3.56. The molecule has 0 heterocycles. The second kappa shape index (κ2) is 7.55. The number of nitrogens with two attached hydrogens (primary N) is 1. The molecule has 0 amide bonds. The van der Waals surface area contributed by atoms with Crippen molar-refractivity contribution in [2.45, 2.75) is 32.2 Å². The molecule has 0 saturated carbocycles. The Hall–Kier alpha value is -1.42. The number of benzene rings is 2. The van der Waals surface area contributed by atoms with Gasteiger partial charge in [-0.25, -0.2) is 4.39 Å². The fourth-order valence-corrected chi connectivity index (χ4v) is 2.70. The summed E-state index contributed by atoms with van der Waals surface area (Å²) in [7, 11) is 0. The first-order valence-electron chi connectivity index (χ1n) is 7.13. The number of nitrogens with one attached hydrogen (secondary N) is 1. The van der Waals surface area contributed by atoms with E-state index >= 15 is 0 Å². The third-order valence-corrected chi connectivity index (χ3v) is 3.92. The van der Waals surface area contributed by atoms with Crippen molar-refractivity contribution in [3.05, 3.63) is 70.0 Å². The summed E-state index contributed by atoms with van der Waals surface area (Å²) in [6.07, 6.45) is 2.52. The lowest BCUT2D eigenvalue weighted by molar-refractivity contribution is 0.529. The molecule has 2 aromatic carbocycles. The van der Waals surface area contributed by atoms with E-state index in [0.29, 0.717) is 17.0 Å². The minimum Gasteiger partial charge on any atom is -0.271 e. The molecule has 0 aromatic heterocycles. The van der Waals surface area contributed by atoms with Crippen LogP contribution in [0.5, 0.6) is 0 Å². The van der Waals surface area contributed by atoms with Crippen LogP contribution in [0.2, 0.25) is 5.02 Å². The molecule has 21 heavy (non-hydrogen) atoms. The number of rotatable bonds is 6. The predicted molar refractivity (Wildman–Crippen MR) is 85.6 cm³/mol. The molecule has 1 unspecified atom stereocenters. The molecule has 0 saturated heterocycles. The molecule has 0 aliphatic rings. The maximum Gasteiger partial charge on any atom is 0.127 e. The van der Waals surface area contributed by atoms with Crippen LogP contribution in [0, 0.1) is 5.82 Å². The van der Waals surface area contributed by atoms with Gasteiger partial charge in [-0.15, -0.1) is 0 Å². The Kier molecular flexibility index (Phi) is 5.74. The summed E-state index contributed by atoms with van der Waals surface area (Å²) in [5.41, 5.74) is 5.56. The van der Waals surface area contributed by atoms with Gasteiger partial charge in [-0.05, 0) is 36.1 Å². The molecular weight excluding hydrogens is 287 g/mol. The van der Waals surface area contributed by atoms with Gasteiger partial charge in [-0.3, -0.25) is 11.3 Å². The number of hydrazine groups is 1. The van der Waals surface area contributed by atoms with Gasteiger partial charge in [0.05, 0.1) is 6.04 Å². The molecule has 1 atom stereocenters. The van der Waals surface area contributed by atoms with Crippen LogP contribution in [-0.2, 0) is 12.8 Å². The van der Waals surface area contributed by atoms with Crippen LogP contribution in [0.15, 0.2) is 42.5 Å². The third kappa shape index (κ3) is 4.03. The summed E-state index contributed by atoms with van der Waals surface area (Å²) < 4.78 is 13.9. The van der Waals surface area contributed by atoms with E-state index in [0.717, 1.165) is 18.4 Å². The van der Waals surface area contributed by atoms with Gasteiger partial charge in [0.25, 0.3) is 0 Å². The number of hydrogen-bond donors (Lipinski definition) is 2. The molecule has 0 aliphatic heterocycles. The van der Waals surface area contributed by atoms with Crippen LogP contribution in [0.1, 0.15) is 36.1 Å². The summed E-state index contributed by atoms with van der Waals surface area (Å²) in [6, 6.07) is 12.8. The Balaban J connectivity index is 2.26. The zero-order chi connectivity index (χ0) is 15.2. The number of halogens is 2. The van der Waals surface area contributed by atoms with Crippen molar-refractivity contribution < 1.29 is 4.39 Å². The minimum atomic E-state index is -0.299. The van der Waals surface area contributed by atoms with Gasteiger partial charge >= 0.3 is 0 Å². The summed E-state index contributed by atoms with van der Waals surface area (Å²) in [5.74, 6) is 5.36. The molecule has 0 fully saturated rings. The van der Waals surface area contributed by atoms with Crippen LogP contribution < -0.4 is 11.3 Å². The Morgan fingerprint density at radius 3 is 2.67 bits per heavy atom. The van der Waals surface area contributed by atoms with Crippen LogP contribution in [-0.4, -0.2) is 0 Å². The fraction of sp³-hybridized carbons (Fsp3) is 0.294. The summed E-state index contributed by atoms with van der Waals surface area (Å²) in [5, 5.41) is 0.431. The highest BCUT2D eigenvalue weighted by Gasteiger charge is 2.16. The molecule has 0 bridgehead atoms. The van der Waals surface area contributed by atoms with Crippen LogP contribution in [0.4, 0.5) is 4.39 Å². The minimum absolute atomic E-state index is 0.170. The lowest BCUT2D eigenvalue weighted by atomic mass is 9.96. The topological polar surface area (TPSA) is 38.0 Å². The van der Waals surface area contributed by atoms with E-state index in [4.69, 9.17) is 17.4 Å². The van der Waals surface area contributed by atoms with Crippen LogP contribution in [0.25, 0.3) is 0 Å². The maximum atomic E-state index is 13.9. The highest BCUT2D eigenvalue weighted by molar-refractivity contribution is 6.31. The van der Waals surface area contributed by atoms with E-state index < -0.39 is 0 Å². The highest BCUT2D eigenvalue weighted by atomic mass is 35.5. The Bertz CT molecular complexity index is 581. The normalized spacial score (nSPS) is 12.4. The van der Waals surface area contributed by atoms with Crippen LogP contribution >= 0.6 is 11.6 Å². The van der Waals surface area contributed by atoms with E-state index in [2.05, 4.69) is 24.5 Å². The van der Waals surface area contributed by atoms with Gasteiger partial charge in [0.2, 0.25) is 0 Å². The molecule has 2 nitrogen and oxygen atoms in total. The van der Waals surface area contributed by atoms with E-state index in [-0.39, 0.29) is 11.9 Å². The monoisotopic (exact) mass is 306 g/mol. The van der Waals surface area contributed by atoms with E-state index in [1.807, 2.05) is 12.1 Å². The lowest BCUT2D eigenvalue weighted by Crippen LogP contribution is -2.30. The van der Waals surface area contributed by atoms with Crippen molar-refractivity contribution in [3.63, 3.8) is 0 Å². The first kappa shape index (κ1) is 16.0. The predicted octanol–water partition coefficient (Wildman–Crippen LogP) is 4.18. The largest absolute Gasteiger partial charge is 0.271 e. The molecule has 112 valence electrons. The van der Waals surface area contributed by atoms with Crippen molar-refractivity contribution in [2.75, 3.05) is 0 Å². The van der Waals surface area contributed by atoms with Gasteiger partial charge in [0, 0.05) is 10.6 Å². The molecule has 2 rings (SSSR count). The second-order valence-electron chi connectivity index (χ2n) is 5.12.